The van der Waals surface area contributed by atoms with Crippen molar-refractivity contribution >= 4 is 11.9 Å². The van der Waals surface area contributed by atoms with Gasteiger partial charge in [-0.3, -0.25) is 4.79 Å². The van der Waals surface area contributed by atoms with Crippen molar-refractivity contribution in [1.29, 1.82) is 0 Å². The Hall–Kier alpha value is -2.08. The van der Waals surface area contributed by atoms with Crippen molar-refractivity contribution in [3.63, 3.8) is 0 Å². The fourth-order valence-electron chi connectivity index (χ4n) is 2.22. The Morgan fingerprint density at radius 2 is 1.88 bits per heavy atom. The number of ether oxygens (including phenoxy) is 1. The van der Waals surface area contributed by atoms with E-state index in [0.717, 1.165) is 44.2 Å². The van der Waals surface area contributed by atoms with Crippen LogP contribution in [0.1, 0.15) is 43.1 Å². The highest BCUT2D eigenvalue weighted by atomic mass is 16.5. The second-order valence-electron chi connectivity index (χ2n) is 6.84. The Balaban J connectivity index is 2.46. The number of carbonyl (C=O) groups excluding carboxylic acids is 1. The van der Waals surface area contributed by atoms with Gasteiger partial charge < -0.3 is 20.3 Å². The summed E-state index contributed by atoms with van der Waals surface area (Å²) in [7, 11) is 3.51. The average molecular weight is 363 g/mol. The second kappa shape index (κ2) is 12.3. The summed E-state index contributed by atoms with van der Waals surface area (Å²) in [6.45, 7) is 10.1. The third-order valence-electron chi connectivity index (χ3n) is 3.58. The summed E-state index contributed by atoms with van der Waals surface area (Å²) in [4.78, 5) is 18.1. The molecule has 0 radical (unpaired) electrons. The predicted molar refractivity (Wildman–Crippen MR) is 108 cm³/mol. The lowest BCUT2D eigenvalue weighted by Gasteiger charge is -2.12. The summed E-state index contributed by atoms with van der Waals surface area (Å²) >= 11 is 0. The fraction of sp³-hybridized carbons (Fsp3) is 0.600. The van der Waals surface area contributed by atoms with Crippen LogP contribution in [0.15, 0.2) is 29.3 Å². The molecule has 2 N–H and O–H groups in total. The van der Waals surface area contributed by atoms with Gasteiger partial charge in [-0.1, -0.05) is 26.0 Å². The van der Waals surface area contributed by atoms with Crippen molar-refractivity contribution in [3.8, 4) is 0 Å². The molecule has 0 heterocycles. The molecule has 0 saturated carbocycles. The Morgan fingerprint density at radius 1 is 1.19 bits per heavy atom. The summed E-state index contributed by atoms with van der Waals surface area (Å²) < 4.78 is 5.58. The van der Waals surface area contributed by atoms with E-state index in [4.69, 9.17) is 4.74 Å². The van der Waals surface area contributed by atoms with E-state index in [0.29, 0.717) is 18.0 Å². The number of hydrogen-bond donors (Lipinski definition) is 2. The molecule has 1 amide bonds. The zero-order valence-electron chi connectivity index (χ0n) is 16.8. The van der Waals surface area contributed by atoms with Crippen molar-refractivity contribution < 1.29 is 9.53 Å². The van der Waals surface area contributed by atoms with E-state index in [9.17, 15) is 4.79 Å². The van der Waals surface area contributed by atoms with Crippen LogP contribution in [0.25, 0.3) is 0 Å². The maximum atomic E-state index is 11.9. The molecule has 0 spiro atoms. The summed E-state index contributed by atoms with van der Waals surface area (Å²) in [6, 6.07) is 7.59. The van der Waals surface area contributed by atoms with Crippen LogP contribution >= 0.6 is 0 Å². The molecule has 146 valence electrons. The summed E-state index contributed by atoms with van der Waals surface area (Å²) in [5.41, 5.74) is 1.76. The van der Waals surface area contributed by atoms with E-state index >= 15 is 0 Å². The largest absolute Gasteiger partial charge is 0.381 e. The van der Waals surface area contributed by atoms with E-state index in [1.165, 1.54) is 0 Å². The lowest BCUT2D eigenvalue weighted by Crippen LogP contribution is -2.38. The predicted octanol–water partition coefficient (Wildman–Crippen LogP) is 2.51. The molecule has 6 nitrogen and oxygen atoms in total. The number of nitrogens with one attached hydrogen (secondary N) is 2. The molecule has 1 aromatic rings. The van der Waals surface area contributed by atoms with Gasteiger partial charge in [0.1, 0.15) is 0 Å². The molecule has 0 aliphatic rings. The normalized spacial score (nSPS) is 11.5. The van der Waals surface area contributed by atoms with Gasteiger partial charge in [0.2, 0.25) is 0 Å². The Morgan fingerprint density at radius 3 is 2.46 bits per heavy atom. The van der Waals surface area contributed by atoms with Crippen molar-refractivity contribution in [2.75, 3.05) is 40.4 Å². The summed E-state index contributed by atoms with van der Waals surface area (Å²) in [5.74, 6) is 1.38. The SMILES string of the molecule is CCNC(=NCc1ccc(C(=O)N(C)C)cc1)NCCCOCC(C)C. The molecule has 6 heteroatoms. The monoisotopic (exact) mass is 362 g/mol. The van der Waals surface area contributed by atoms with E-state index < -0.39 is 0 Å². The lowest BCUT2D eigenvalue weighted by molar-refractivity contribution is 0.0827. The second-order valence-corrected chi connectivity index (χ2v) is 6.84. The van der Waals surface area contributed by atoms with Crippen LogP contribution < -0.4 is 10.6 Å². The van der Waals surface area contributed by atoms with Crippen LogP contribution in [0.5, 0.6) is 0 Å². The van der Waals surface area contributed by atoms with E-state index in [1.54, 1.807) is 19.0 Å². The van der Waals surface area contributed by atoms with Crippen LogP contribution in [0.4, 0.5) is 0 Å². The molecular formula is C20H34N4O2. The van der Waals surface area contributed by atoms with Crippen LogP contribution in [-0.2, 0) is 11.3 Å². The Labute approximate surface area is 158 Å². The third-order valence-corrected chi connectivity index (χ3v) is 3.58. The lowest BCUT2D eigenvalue weighted by atomic mass is 10.1. The Bertz CT molecular complexity index is 553. The number of guanidine groups is 1. The standard InChI is InChI=1S/C20H34N4O2/c1-6-21-20(22-12-7-13-26-15-16(2)3)23-14-17-8-10-18(11-9-17)19(25)24(4)5/h8-11,16H,6-7,12-15H2,1-5H3,(H2,21,22,23). The minimum absolute atomic E-state index is 0.00902. The summed E-state index contributed by atoms with van der Waals surface area (Å²) in [5, 5.41) is 6.57. The molecule has 0 fully saturated rings. The molecule has 0 saturated heterocycles. The van der Waals surface area contributed by atoms with E-state index in [-0.39, 0.29) is 5.91 Å². The van der Waals surface area contributed by atoms with E-state index in [1.807, 2.05) is 31.2 Å². The number of amides is 1. The first kappa shape index (κ1) is 22.0. The van der Waals surface area contributed by atoms with Crippen molar-refractivity contribution in [1.82, 2.24) is 15.5 Å². The number of nitrogens with zero attached hydrogens (tertiary/aromatic N) is 2. The van der Waals surface area contributed by atoms with Gasteiger partial charge in [-0.2, -0.15) is 0 Å². The smallest absolute Gasteiger partial charge is 0.253 e. The quantitative estimate of drug-likeness (QED) is 0.381. The van der Waals surface area contributed by atoms with Gasteiger partial charge in [0.05, 0.1) is 6.54 Å². The van der Waals surface area contributed by atoms with Crippen LogP contribution in [-0.4, -0.2) is 57.2 Å². The van der Waals surface area contributed by atoms with Crippen molar-refractivity contribution in [2.45, 2.75) is 33.7 Å². The first-order valence-corrected chi connectivity index (χ1v) is 9.34. The van der Waals surface area contributed by atoms with Gasteiger partial charge in [0, 0.05) is 46.0 Å². The van der Waals surface area contributed by atoms with Gasteiger partial charge in [-0.25, -0.2) is 4.99 Å². The highest BCUT2D eigenvalue weighted by Crippen LogP contribution is 2.07. The highest BCUT2D eigenvalue weighted by Gasteiger charge is 2.07. The van der Waals surface area contributed by atoms with Crippen molar-refractivity contribution in [2.24, 2.45) is 10.9 Å². The molecule has 0 atom stereocenters. The fourth-order valence-corrected chi connectivity index (χ4v) is 2.22. The Kier molecular flexibility index (Phi) is 10.4. The van der Waals surface area contributed by atoms with Crippen molar-refractivity contribution in [3.05, 3.63) is 35.4 Å². The molecule has 0 aliphatic heterocycles. The van der Waals surface area contributed by atoms with Crippen LogP contribution in [0.3, 0.4) is 0 Å². The molecular weight excluding hydrogens is 328 g/mol. The van der Waals surface area contributed by atoms with Gasteiger partial charge >= 0.3 is 0 Å². The van der Waals surface area contributed by atoms with Gasteiger partial charge in [0.15, 0.2) is 5.96 Å². The zero-order chi connectivity index (χ0) is 19.4. The minimum Gasteiger partial charge on any atom is -0.381 e. The maximum Gasteiger partial charge on any atom is 0.253 e. The zero-order valence-corrected chi connectivity index (χ0v) is 16.8. The summed E-state index contributed by atoms with van der Waals surface area (Å²) in [6.07, 6.45) is 0.943. The maximum absolute atomic E-state index is 11.9. The molecule has 26 heavy (non-hydrogen) atoms. The molecule has 0 aliphatic carbocycles. The van der Waals surface area contributed by atoms with Crippen LogP contribution in [0, 0.1) is 5.92 Å². The number of benzene rings is 1. The minimum atomic E-state index is 0.00902. The molecule has 0 aromatic heterocycles. The molecule has 1 aromatic carbocycles. The van der Waals surface area contributed by atoms with Gasteiger partial charge in [0.25, 0.3) is 5.91 Å². The molecule has 0 bridgehead atoms. The van der Waals surface area contributed by atoms with E-state index in [2.05, 4.69) is 29.5 Å². The van der Waals surface area contributed by atoms with Gasteiger partial charge in [-0.05, 0) is 37.0 Å². The first-order valence-electron chi connectivity index (χ1n) is 9.34. The number of aliphatic imine (C=N–C) groups is 1. The van der Waals surface area contributed by atoms with Crippen LogP contribution in [0.2, 0.25) is 0 Å². The topological polar surface area (TPSA) is 66.0 Å². The average Bonchev–Trinajstić information content (AvgIpc) is 2.61. The number of hydrogen-bond acceptors (Lipinski definition) is 3. The first-order chi connectivity index (χ1) is 12.4. The highest BCUT2D eigenvalue weighted by molar-refractivity contribution is 5.93. The molecule has 1 rings (SSSR count). The van der Waals surface area contributed by atoms with Gasteiger partial charge in [-0.15, -0.1) is 0 Å². The molecule has 0 unspecified atom stereocenters. The number of carbonyl (C=O) groups is 1. The third kappa shape index (κ3) is 8.85. The number of rotatable bonds is 10.